The fraction of sp³-hybridized carbons (Fsp3) is 0.381. The highest BCUT2D eigenvalue weighted by Gasteiger charge is 2.21. The topological polar surface area (TPSA) is 50.4 Å². The van der Waals surface area contributed by atoms with Crippen LogP contribution in [0.2, 0.25) is 0 Å². The Morgan fingerprint density at radius 2 is 1.92 bits per heavy atom. The highest BCUT2D eigenvalue weighted by molar-refractivity contribution is 5.85. The lowest BCUT2D eigenvalue weighted by atomic mass is 10.0. The molecule has 5 heteroatoms. The van der Waals surface area contributed by atoms with Crippen molar-refractivity contribution in [2.75, 3.05) is 13.1 Å². The fourth-order valence-electron chi connectivity index (χ4n) is 3.12. The molecule has 1 aliphatic rings. The van der Waals surface area contributed by atoms with E-state index in [2.05, 4.69) is 28.8 Å². The lowest BCUT2D eigenvalue weighted by Crippen LogP contribution is -2.49. The third kappa shape index (κ3) is 5.75. The van der Waals surface area contributed by atoms with Gasteiger partial charge in [0.1, 0.15) is 5.75 Å². The summed E-state index contributed by atoms with van der Waals surface area (Å²) in [5.74, 6) is 0.721. The molecule has 0 spiro atoms. The van der Waals surface area contributed by atoms with Gasteiger partial charge in [0.15, 0.2) is 6.10 Å². The summed E-state index contributed by atoms with van der Waals surface area (Å²) in [6.45, 7) is 3.68. The molecule has 3 rings (SSSR count). The first-order valence-electron chi connectivity index (χ1n) is 9.02. The molecule has 140 valence electrons. The Kier molecular flexibility index (Phi) is 7.95. The maximum atomic E-state index is 12.4. The van der Waals surface area contributed by atoms with Crippen LogP contribution in [0.25, 0.3) is 0 Å². The van der Waals surface area contributed by atoms with Crippen LogP contribution in [0.4, 0.5) is 0 Å². The van der Waals surface area contributed by atoms with Crippen LogP contribution in [0.15, 0.2) is 54.6 Å². The number of amides is 1. The van der Waals surface area contributed by atoms with Crippen molar-refractivity contribution in [2.45, 2.75) is 38.3 Å². The van der Waals surface area contributed by atoms with Crippen LogP contribution in [0, 0.1) is 0 Å². The summed E-state index contributed by atoms with van der Waals surface area (Å²) in [7, 11) is 0. The molecule has 1 amide bonds. The Morgan fingerprint density at radius 1 is 1.19 bits per heavy atom. The quantitative estimate of drug-likeness (QED) is 0.815. The normalized spacial score (nSPS) is 17.7. The molecule has 1 heterocycles. The number of nitrogens with one attached hydrogen (secondary N) is 2. The van der Waals surface area contributed by atoms with Crippen molar-refractivity contribution in [2.24, 2.45) is 0 Å². The molecule has 2 aromatic rings. The van der Waals surface area contributed by atoms with Gasteiger partial charge in [0, 0.05) is 19.0 Å². The second-order valence-electron chi connectivity index (χ2n) is 6.58. The highest BCUT2D eigenvalue weighted by atomic mass is 35.5. The van der Waals surface area contributed by atoms with E-state index in [-0.39, 0.29) is 24.4 Å². The van der Waals surface area contributed by atoms with Crippen LogP contribution >= 0.6 is 12.4 Å². The number of para-hydroxylation sites is 1. The molecular weight excluding hydrogens is 348 g/mol. The molecule has 0 aromatic heterocycles. The van der Waals surface area contributed by atoms with Crippen molar-refractivity contribution >= 4 is 18.3 Å². The van der Waals surface area contributed by atoms with Gasteiger partial charge in [-0.1, -0.05) is 48.5 Å². The summed E-state index contributed by atoms with van der Waals surface area (Å²) in [6.07, 6.45) is 2.40. The van der Waals surface area contributed by atoms with Crippen molar-refractivity contribution in [3.8, 4) is 5.75 Å². The molecule has 0 saturated carbocycles. The van der Waals surface area contributed by atoms with Gasteiger partial charge in [0.05, 0.1) is 0 Å². The average molecular weight is 375 g/mol. The summed E-state index contributed by atoms with van der Waals surface area (Å²) in [5, 5.41) is 6.39. The number of piperidine rings is 1. The third-order valence-corrected chi connectivity index (χ3v) is 4.53. The van der Waals surface area contributed by atoms with Gasteiger partial charge in [-0.15, -0.1) is 12.4 Å². The molecule has 0 radical (unpaired) electrons. The molecule has 0 aliphatic carbocycles. The lowest BCUT2D eigenvalue weighted by molar-refractivity contribution is -0.128. The van der Waals surface area contributed by atoms with Crippen molar-refractivity contribution in [3.63, 3.8) is 0 Å². The number of halogens is 1. The lowest BCUT2D eigenvalue weighted by Gasteiger charge is -2.25. The summed E-state index contributed by atoms with van der Waals surface area (Å²) in [4.78, 5) is 12.4. The van der Waals surface area contributed by atoms with Crippen molar-refractivity contribution in [3.05, 3.63) is 65.7 Å². The van der Waals surface area contributed by atoms with Crippen LogP contribution < -0.4 is 15.4 Å². The van der Waals surface area contributed by atoms with Crippen molar-refractivity contribution in [1.82, 2.24) is 10.6 Å². The predicted molar refractivity (Wildman–Crippen MR) is 107 cm³/mol. The molecule has 26 heavy (non-hydrogen) atoms. The summed E-state index contributed by atoms with van der Waals surface area (Å²) in [6, 6.07) is 18.4. The zero-order chi connectivity index (χ0) is 17.5. The van der Waals surface area contributed by atoms with Gasteiger partial charge in [0.25, 0.3) is 5.91 Å². The molecule has 2 aromatic carbocycles. The highest BCUT2D eigenvalue weighted by Crippen LogP contribution is 2.22. The number of hydrogen-bond acceptors (Lipinski definition) is 3. The Morgan fingerprint density at radius 3 is 2.65 bits per heavy atom. The largest absolute Gasteiger partial charge is 0.481 e. The maximum Gasteiger partial charge on any atom is 0.261 e. The minimum atomic E-state index is -0.515. The number of benzene rings is 2. The molecule has 1 fully saturated rings. The number of hydrogen-bond donors (Lipinski definition) is 2. The standard InChI is InChI=1S/C21H26N2O2.ClH/c1-16(21(24)23-19-11-7-13-22-15-19)25-20-12-6-5-10-18(20)14-17-8-3-2-4-9-17;/h2-6,8-10,12,16,19,22H,7,11,13-15H2,1H3,(H,23,24);1H/t16?,19-;/m0./s1. The van der Waals surface area contributed by atoms with Gasteiger partial charge in [-0.05, 0) is 43.5 Å². The predicted octanol–water partition coefficient (Wildman–Crippen LogP) is 3.33. The molecule has 1 aliphatic heterocycles. The maximum absolute atomic E-state index is 12.4. The van der Waals surface area contributed by atoms with Gasteiger partial charge >= 0.3 is 0 Å². The van der Waals surface area contributed by atoms with E-state index in [4.69, 9.17) is 4.74 Å². The van der Waals surface area contributed by atoms with E-state index in [1.807, 2.05) is 43.3 Å². The number of carbonyl (C=O) groups excluding carboxylic acids is 1. The Balaban J connectivity index is 0.00000243. The van der Waals surface area contributed by atoms with Gasteiger partial charge in [-0.2, -0.15) is 0 Å². The summed E-state index contributed by atoms with van der Waals surface area (Å²) >= 11 is 0. The first-order valence-corrected chi connectivity index (χ1v) is 9.02. The van der Waals surface area contributed by atoms with Gasteiger partial charge in [-0.3, -0.25) is 4.79 Å². The van der Waals surface area contributed by atoms with E-state index in [0.29, 0.717) is 0 Å². The van der Waals surface area contributed by atoms with Crippen molar-refractivity contribution < 1.29 is 9.53 Å². The Labute approximate surface area is 161 Å². The third-order valence-electron chi connectivity index (χ3n) is 4.53. The molecule has 2 atom stereocenters. The average Bonchev–Trinajstić information content (AvgIpc) is 2.65. The summed E-state index contributed by atoms with van der Waals surface area (Å²) in [5.41, 5.74) is 2.32. The fourth-order valence-corrected chi connectivity index (χ4v) is 3.12. The van der Waals surface area contributed by atoms with E-state index >= 15 is 0 Å². The van der Waals surface area contributed by atoms with Crippen molar-refractivity contribution in [1.29, 1.82) is 0 Å². The van der Waals surface area contributed by atoms with Gasteiger partial charge in [-0.25, -0.2) is 0 Å². The smallest absolute Gasteiger partial charge is 0.261 e. The summed E-state index contributed by atoms with van der Waals surface area (Å²) < 4.78 is 5.99. The van der Waals surface area contributed by atoms with E-state index in [0.717, 1.165) is 43.7 Å². The van der Waals surface area contributed by atoms with Gasteiger partial charge in [0.2, 0.25) is 0 Å². The molecule has 1 unspecified atom stereocenters. The number of rotatable bonds is 6. The van der Waals surface area contributed by atoms with E-state index in [1.54, 1.807) is 0 Å². The van der Waals surface area contributed by atoms with E-state index in [9.17, 15) is 4.79 Å². The Bertz CT molecular complexity index is 687. The van der Waals surface area contributed by atoms with Gasteiger partial charge < -0.3 is 15.4 Å². The molecule has 0 bridgehead atoms. The monoisotopic (exact) mass is 374 g/mol. The van der Waals surface area contributed by atoms with Crippen LogP contribution in [-0.4, -0.2) is 31.1 Å². The molecular formula is C21H27ClN2O2. The first-order chi connectivity index (χ1) is 12.2. The van der Waals surface area contributed by atoms with E-state index < -0.39 is 6.10 Å². The first kappa shape index (κ1) is 20.3. The molecule has 4 nitrogen and oxygen atoms in total. The second-order valence-corrected chi connectivity index (χ2v) is 6.58. The molecule has 2 N–H and O–H groups in total. The minimum absolute atomic E-state index is 0. The zero-order valence-corrected chi connectivity index (χ0v) is 15.9. The second kappa shape index (κ2) is 10.2. The number of ether oxygens (including phenoxy) is 1. The SMILES string of the molecule is CC(Oc1ccccc1Cc1ccccc1)C(=O)N[C@H]1CCCNC1.Cl. The van der Waals surface area contributed by atoms with Crippen LogP contribution in [0.1, 0.15) is 30.9 Å². The minimum Gasteiger partial charge on any atom is -0.481 e. The van der Waals surface area contributed by atoms with Crippen LogP contribution in [-0.2, 0) is 11.2 Å². The molecule has 1 saturated heterocycles. The van der Waals surface area contributed by atoms with Crippen LogP contribution in [0.5, 0.6) is 5.75 Å². The van der Waals surface area contributed by atoms with Crippen LogP contribution in [0.3, 0.4) is 0 Å². The number of carbonyl (C=O) groups is 1. The van der Waals surface area contributed by atoms with E-state index in [1.165, 1.54) is 5.56 Å². The Hall–Kier alpha value is -2.04. The zero-order valence-electron chi connectivity index (χ0n) is 15.1.